The van der Waals surface area contributed by atoms with E-state index in [0.29, 0.717) is 28.9 Å². The van der Waals surface area contributed by atoms with Crippen molar-refractivity contribution in [3.63, 3.8) is 0 Å². The first kappa shape index (κ1) is 22.5. The molecule has 3 aromatic heterocycles. The van der Waals surface area contributed by atoms with Gasteiger partial charge in [0.15, 0.2) is 0 Å². The summed E-state index contributed by atoms with van der Waals surface area (Å²) >= 11 is 7.63. The zero-order chi connectivity index (χ0) is 23.7. The number of aromatic nitrogens is 3. The summed E-state index contributed by atoms with van der Waals surface area (Å²) in [7, 11) is -3.63. The van der Waals surface area contributed by atoms with Crippen LogP contribution in [0.5, 0.6) is 0 Å². The van der Waals surface area contributed by atoms with Crippen molar-refractivity contribution in [3.05, 3.63) is 17.4 Å². The zero-order valence-corrected chi connectivity index (χ0v) is 21.1. The molecule has 0 radical (unpaired) electrons. The van der Waals surface area contributed by atoms with Gasteiger partial charge in [0.1, 0.15) is 21.4 Å². The molecule has 176 valence electrons. The zero-order valence-electron chi connectivity index (χ0n) is 18.7. The number of halogens is 1. The van der Waals surface area contributed by atoms with Gasteiger partial charge in [-0.2, -0.15) is 0 Å². The highest BCUT2D eigenvalue weighted by Gasteiger charge is 2.45. The lowest BCUT2D eigenvalue weighted by Gasteiger charge is -2.42. The summed E-state index contributed by atoms with van der Waals surface area (Å²) in [5.74, 6) is 0.551. The monoisotopic (exact) mass is 509 g/mol. The lowest BCUT2D eigenvalue weighted by Crippen LogP contribution is -2.57. The van der Waals surface area contributed by atoms with E-state index in [0.717, 1.165) is 34.6 Å². The minimum atomic E-state index is -3.63. The number of piperazine rings is 1. The molecule has 2 aliphatic rings. The maximum Gasteiger partial charge on any atom is 0.410 e. The van der Waals surface area contributed by atoms with Gasteiger partial charge in [-0.05, 0) is 39.7 Å². The second-order valence-electron chi connectivity index (χ2n) is 9.54. The van der Waals surface area contributed by atoms with Gasteiger partial charge >= 0.3 is 6.09 Å². The second-order valence-corrected chi connectivity index (χ2v) is 12.8. The van der Waals surface area contributed by atoms with Crippen molar-refractivity contribution in [1.82, 2.24) is 19.9 Å². The first-order chi connectivity index (χ1) is 15.4. The van der Waals surface area contributed by atoms with E-state index in [1.165, 1.54) is 11.3 Å². The van der Waals surface area contributed by atoms with Gasteiger partial charge in [0.05, 0.1) is 22.2 Å². The van der Waals surface area contributed by atoms with E-state index in [1.54, 1.807) is 6.20 Å². The van der Waals surface area contributed by atoms with Crippen molar-refractivity contribution in [2.24, 2.45) is 0 Å². The van der Waals surface area contributed by atoms with Crippen LogP contribution in [0.1, 0.15) is 33.6 Å². The van der Waals surface area contributed by atoms with Crippen molar-refractivity contribution < 1.29 is 17.9 Å². The Labute approximate surface area is 200 Å². The Hall–Kier alpha value is -2.24. The first-order valence-corrected chi connectivity index (χ1v) is 13.7. The van der Waals surface area contributed by atoms with Crippen LogP contribution in [-0.2, 0) is 14.6 Å². The first-order valence-electron chi connectivity index (χ1n) is 10.6. The third kappa shape index (κ3) is 4.00. The summed E-state index contributed by atoms with van der Waals surface area (Å²) in [6, 6.07) is 1.76. The molecule has 5 heterocycles. The molecule has 2 fully saturated rings. The normalized spacial score (nSPS) is 21.2. The smallest absolute Gasteiger partial charge is 0.410 e. The quantitative estimate of drug-likeness (QED) is 0.378. The molecule has 0 saturated carbocycles. The van der Waals surface area contributed by atoms with Crippen molar-refractivity contribution in [1.29, 1.82) is 0 Å². The molecular formula is C21H24ClN5O4S2. The fourth-order valence-corrected chi connectivity index (χ4v) is 6.50. The number of carbonyl (C=O) groups excluding carboxylic acids is 1. The van der Waals surface area contributed by atoms with Crippen LogP contribution in [0.15, 0.2) is 17.4 Å². The van der Waals surface area contributed by atoms with Gasteiger partial charge < -0.3 is 9.64 Å². The Morgan fingerprint density at radius 1 is 1.21 bits per heavy atom. The molecule has 3 aromatic rings. The number of ether oxygens (including phenoxy) is 1. The van der Waals surface area contributed by atoms with Crippen LogP contribution in [0.4, 0.5) is 10.6 Å². The van der Waals surface area contributed by atoms with E-state index in [4.69, 9.17) is 16.3 Å². The van der Waals surface area contributed by atoms with Crippen LogP contribution in [0.2, 0.25) is 5.15 Å². The van der Waals surface area contributed by atoms with Crippen LogP contribution in [0, 0.1) is 0 Å². The SMILES string of the molecule is CC(C)(C)OC(=O)N1C2CCC1CN(c1nc(S(C)(=O)=O)nc3sc4c(Cl)nccc4c13)C2. The van der Waals surface area contributed by atoms with Gasteiger partial charge in [-0.3, -0.25) is 4.90 Å². The summed E-state index contributed by atoms with van der Waals surface area (Å²) in [5.41, 5.74) is -0.570. The Morgan fingerprint density at radius 3 is 2.48 bits per heavy atom. The number of nitrogens with zero attached hydrogens (tertiary/aromatic N) is 5. The molecule has 2 bridgehead atoms. The van der Waals surface area contributed by atoms with Gasteiger partial charge in [0, 0.05) is 30.9 Å². The third-order valence-corrected chi connectivity index (χ3v) is 8.23. The highest BCUT2D eigenvalue weighted by Crippen LogP contribution is 2.42. The number of sulfone groups is 1. The van der Waals surface area contributed by atoms with E-state index in [-0.39, 0.29) is 23.3 Å². The van der Waals surface area contributed by atoms with Gasteiger partial charge in [-0.1, -0.05) is 11.6 Å². The molecule has 2 aliphatic heterocycles. The predicted octanol–water partition coefficient (Wildman–Crippen LogP) is 3.88. The minimum absolute atomic E-state index is 0.0412. The molecule has 1 amide bonds. The number of fused-ring (bicyclic) bond motifs is 5. The lowest BCUT2D eigenvalue weighted by molar-refractivity contribution is 0.0123. The number of carbonyl (C=O) groups is 1. The summed E-state index contributed by atoms with van der Waals surface area (Å²) < 4.78 is 31.1. The average Bonchev–Trinajstić information content (AvgIpc) is 3.21. The van der Waals surface area contributed by atoms with Crippen LogP contribution in [-0.4, -0.2) is 71.4 Å². The van der Waals surface area contributed by atoms with E-state index in [1.807, 2.05) is 31.7 Å². The van der Waals surface area contributed by atoms with Crippen molar-refractivity contribution in [3.8, 4) is 0 Å². The maximum atomic E-state index is 12.8. The van der Waals surface area contributed by atoms with E-state index in [2.05, 4.69) is 19.9 Å². The fourth-order valence-electron chi connectivity index (χ4n) is 4.62. The minimum Gasteiger partial charge on any atom is -0.444 e. The van der Waals surface area contributed by atoms with E-state index < -0.39 is 15.4 Å². The standard InChI is InChI=1S/C21H24ClN5O4S2/c1-21(2,3)31-20(28)27-11-5-6-12(27)10-26(9-11)17-14-13-7-8-23-16(22)15(13)32-18(14)25-19(24-17)33(4,29)30/h7-8,11-12H,5-6,9-10H2,1-4H3. The molecule has 9 nitrogen and oxygen atoms in total. The second kappa shape index (κ2) is 7.64. The van der Waals surface area contributed by atoms with Crippen molar-refractivity contribution in [2.45, 2.75) is 56.5 Å². The number of anilines is 1. The summed E-state index contributed by atoms with van der Waals surface area (Å²) in [4.78, 5) is 30.3. The molecule has 0 aromatic carbocycles. The van der Waals surface area contributed by atoms with Crippen LogP contribution in [0.3, 0.4) is 0 Å². The van der Waals surface area contributed by atoms with Crippen LogP contribution < -0.4 is 4.90 Å². The number of rotatable bonds is 2. The Bertz CT molecular complexity index is 1370. The number of hydrogen-bond donors (Lipinski definition) is 0. The number of pyridine rings is 1. The van der Waals surface area contributed by atoms with Crippen molar-refractivity contribution >= 4 is 65.0 Å². The maximum absolute atomic E-state index is 12.8. The van der Waals surface area contributed by atoms with E-state index >= 15 is 0 Å². The lowest BCUT2D eigenvalue weighted by atomic mass is 10.1. The molecule has 0 N–H and O–H groups in total. The predicted molar refractivity (Wildman–Crippen MR) is 128 cm³/mol. The fraction of sp³-hybridized carbons (Fsp3) is 0.524. The number of hydrogen-bond acceptors (Lipinski definition) is 9. The molecule has 33 heavy (non-hydrogen) atoms. The summed E-state index contributed by atoms with van der Waals surface area (Å²) in [6.07, 6.45) is 4.12. The largest absolute Gasteiger partial charge is 0.444 e. The molecule has 5 rings (SSSR count). The topological polar surface area (TPSA) is 106 Å². The molecule has 2 unspecified atom stereocenters. The van der Waals surface area contributed by atoms with Gasteiger partial charge in [0.25, 0.3) is 0 Å². The number of amides is 1. The molecule has 2 saturated heterocycles. The Kier molecular flexibility index (Phi) is 5.22. The van der Waals surface area contributed by atoms with Crippen molar-refractivity contribution in [2.75, 3.05) is 24.2 Å². The molecule has 12 heteroatoms. The third-order valence-electron chi connectivity index (χ3n) is 5.88. The average molecular weight is 510 g/mol. The number of thiophene rings is 1. The highest BCUT2D eigenvalue weighted by atomic mass is 35.5. The highest BCUT2D eigenvalue weighted by molar-refractivity contribution is 7.90. The molecule has 2 atom stereocenters. The summed E-state index contributed by atoms with van der Waals surface area (Å²) in [6.45, 7) is 6.63. The van der Waals surface area contributed by atoms with E-state index in [9.17, 15) is 13.2 Å². The van der Waals surface area contributed by atoms with Crippen LogP contribution in [0.25, 0.3) is 20.3 Å². The van der Waals surface area contributed by atoms with Crippen LogP contribution >= 0.6 is 22.9 Å². The molecule has 0 spiro atoms. The van der Waals surface area contributed by atoms with Gasteiger partial charge in [-0.25, -0.2) is 28.2 Å². The summed E-state index contributed by atoms with van der Waals surface area (Å²) in [5, 5.41) is 1.73. The van der Waals surface area contributed by atoms with Gasteiger partial charge in [-0.15, -0.1) is 11.3 Å². The van der Waals surface area contributed by atoms with Gasteiger partial charge in [0.2, 0.25) is 15.0 Å². The Balaban J connectivity index is 1.60. The Morgan fingerprint density at radius 2 is 1.88 bits per heavy atom. The molecular weight excluding hydrogens is 486 g/mol. The molecule has 0 aliphatic carbocycles.